The molecule has 20 rings (SSSR count). The Morgan fingerprint density at radius 2 is 0.744 bits per heavy atom. The van der Waals surface area contributed by atoms with Crippen LogP contribution in [0.3, 0.4) is 0 Å². The van der Waals surface area contributed by atoms with Crippen molar-refractivity contribution in [2.24, 2.45) is 16.2 Å². The molecule has 1 saturated carbocycles. The lowest BCUT2D eigenvalue weighted by Gasteiger charge is -2.40. The Kier molecular flexibility index (Phi) is 25.2. The largest absolute Gasteiger partial charge is 0.493 e. The van der Waals surface area contributed by atoms with Gasteiger partial charge in [-0.05, 0) is 334 Å². The molecule has 3 heterocycles. The average Bonchev–Trinajstić information content (AvgIpc) is 1.53. The lowest BCUT2D eigenvalue weighted by atomic mass is 9.67. The molecule has 648 valence electrons. The van der Waals surface area contributed by atoms with Crippen LogP contribution in [0.4, 0.5) is 8.78 Å². The van der Waals surface area contributed by atoms with E-state index in [1.165, 1.54) is 205 Å². The van der Waals surface area contributed by atoms with Gasteiger partial charge in [-0.25, -0.2) is 0 Å². The van der Waals surface area contributed by atoms with Gasteiger partial charge in [-0.3, -0.25) is 0 Å². The second-order valence-electron chi connectivity index (χ2n) is 39.2. The van der Waals surface area contributed by atoms with Gasteiger partial charge in [-0.15, -0.1) is 6.58 Å². The summed E-state index contributed by atoms with van der Waals surface area (Å²) in [5, 5.41) is 0. The van der Waals surface area contributed by atoms with Gasteiger partial charge in [0, 0.05) is 24.0 Å². The smallest absolute Gasteiger partial charge is 0.266 e. The fourth-order valence-corrected chi connectivity index (χ4v) is 20.7. The van der Waals surface area contributed by atoms with Crippen molar-refractivity contribution in [1.82, 2.24) is 0 Å². The highest BCUT2D eigenvalue weighted by atomic mass is 19.3. The fraction of sp³-hybridized carbons (Fsp3) is 0.397. The first-order chi connectivity index (χ1) is 60.4. The predicted molar refractivity (Wildman–Crippen MR) is 508 cm³/mol. The molecular formula is C116H128F2O7. The van der Waals surface area contributed by atoms with Crippen molar-refractivity contribution in [2.45, 2.75) is 208 Å². The molecule has 125 heavy (non-hydrogen) atoms. The molecule has 9 aliphatic rings. The maximum absolute atomic E-state index is 12.5. The first-order valence-corrected chi connectivity index (χ1v) is 46.5. The third-order valence-electron chi connectivity index (χ3n) is 29.6. The molecule has 0 amide bonds. The first kappa shape index (κ1) is 87.2. The number of halogens is 2. The highest BCUT2D eigenvalue weighted by molar-refractivity contribution is 5.88. The van der Waals surface area contributed by atoms with Gasteiger partial charge in [-0.2, -0.15) is 8.78 Å². The molecule has 6 aliphatic carbocycles. The van der Waals surface area contributed by atoms with Crippen LogP contribution >= 0.6 is 0 Å². The standard InChI is InChI=1S/C39H42O4.C28H36O3.C25H28F2.C24H22/c1-5-37(21-40-22-37)25-42-31-13-9-29(10-14-31)39(30-11-15-32(16-12-30)43-26-38(6-2)23-41-24-38)35-19-27(3)7-17-33(35)34-18-8-28(4)20-36(34)39;1-20-5-7-22-23-8-6-21(2)16-25(23)28(24(22)15-20,11-13-29-17-26(3)9-10-26)12-14-30-18-27(4)19-31-27;1-4-5-7-14-25(15-8-6-9-24(26)27)22-16-18(2)10-12-20(22)21-13-11-19(3)17-23(21)25;1-15-11-24(22-10-6-18-4-8-20(18)14-22)16(2)12-23(15)21-9-5-17-3-7-19(17)13-21/h7-20H,5-6,21-26H2,1-4H3;5-8,15-16H,9-14,17-19H2,1-4H3;4,9-13,16-17H,1,5-8,14-15H2,2-3H3;5-6,9-14H,3-4,7-8H2,1-2H3. The molecule has 3 aliphatic heterocycles. The van der Waals surface area contributed by atoms with E-state index in [0.717, 1.165) is 128 Å². The van der Waals surface area contributed by atoms with Gasteiger partial charge in [-0.1, -0.05) is 242 Å². The van der Waals surface area contributed by atoms with Crippen LogP contribution in [0.2, 0.25) is 0 Å². The number of hydrogen-bond donors (Lipinski definition) is 0. The van der Waals surface area contributed by atoms with E-state index in [9.17, 15) is 8.78 Å². The van der Waals surface area contributed by atoms with E-state index in [1.807, 2.05) is 6.08 Å². The van der Waals surface area contributed by atoms with Crippen LogP contribution in [-0.4, -0.2) is 78.3 Å². The van der Waals surface area contributed by atoms with Gasteiger partial charge < -0.3 is 33.2 Å². The summed E-state index contributed by atoms with van der Waals surface area (Å²) < 4.78 is 66.6. The van der Waals surface area contributed by atoms with Gasteiger partial charge in [0.15, 0.2) is 0 Å². The molecule has 1 unspecified atom stereocenters. The van der Waals surface area contributed by atoms with Crippen LogP contribution in [0.25, 0.3) is 55.6 Å². The molecule has 1 atom stereocenters. The number of fused-ring (bicyclic) bond motifs is 11. The van der Waals surface area contributed by atoms with Crippen molar-refractivity contribution < 1.29 is 41.9 Å². The van der Waals surface area contributed by atoms with E-state index in [-0.39, 0.29) is 27.3 Å². The van der Waals surface area contributed by atoms with Crippen molar-refractivity contribution in [1.29, 1.82) is 0 Å². The highest BCUT2D eigenvalue weighted by Crippen LogP contribution is 2.59. The highest BCUT2D eigenvalue weighted by Gasteiger charge is 2.49. The third kappa shape index (κ3) is 17.8. The normalized spacial score (nSPS) is 18.1. The van der Waals surface area contributed by atoms with Crippen molar-refractivity contribution in [3.8, 4) is 67.1 Å². The summed E-state index contributed by atoms with van der Waals surface area (Å²) in [4.78, 5) is 0. The minimum atomic E-state index is -1.57. The Balaban J connectivity index is 0.000000121. The van der Waals surface area contributed by atoms with Crippen LogP contribution in [0.5, 0.6) is 11.5 Å². The number of unbranched alkanes of at least 4 members (excludes halogenated alkanes) is 2. The second-order valence-corrected chi connectivity index (χ2v) is 39.2. The van der Waals surface area contributed by atoms with Crippen LogP contribution in [0.15, 0.2) is 231 Å². The summed E-state index contributed by atoms with van der Waals surface area (Å²) >= 11 is 0. The van der Waals surface area contributed by atoms with E-state index in [2.05, 4.69) is 296 Å². The molecule has 11 aromatic carbocycles. The van der Waals surface area contributed by atoms with E-state index < -0.39 is 11.5 Å². The van der Waals surface area contributed by atoms with Crippen molar-refractivity contribution in [2.75, 3.05) is 72.7 Å². The number of epoxide rings is 1. The van der Waals surface area contributed by atoms with Crippen LogP contribution in [0, 0.1) is 71.6 Å². The molecule has 3 saturated heterocycles. The summed E-state index contributed by atoms with van der Waals surface area (Å²) in [7, 11) is 0. The zero-order valence-electron chi connectivity index (χ0n) is 76.2. The molecule has 11 aromatic rings. The number of benzene rings is 11. The average molecular weight is 1670 g/mol. The summed E-state index contributed by atoms with van der Waals surface area (Å²) in [5.74, 6) is 1.80. The van der Waals surface area contributed by atoms with Crippen molar-refractivity contribution in [3.05, 3.63) is 342 Å². The summed E-state index contributed by atoms with van der Waals surface area (Å²) in [6.07, 6.45) is 18.3. The number of rotatable bonds is 30. The summed E-state index contributed by atoms with van der Waals surface area (Å²) in [6.45, 7) is 38.7. The first-order valence-electron chi connectivity index (χ1n) is 46.5. The van der Waals surface area contributed by atoms with Crippen molar-refractivity contribution >= 4 is 0 Å². The molecule has 4 fully saturated rings. The van der Waals surface area contributed by atoms with Crippen LogP contribution in [-0.2, 0) is 65.6 Å². The molecule has 7 nitrogen and oxygen atoms in total. The number of hydrogen-bond acceptors (Lipinski definition) is 7. The van der Waals surface area contributed by atoms with Crippen LogP contribution < -0.4 is 9.47 Å². The molecule has 0 aromatic heterocycles. The monoisotopic (exact) mass is 1670 g/mol. The SMILES string of the molecule is C=CCCCC1(CCCC=C(F)F)c2cc(C)ccc2-c2ccc(C)cc21.CCC1(COc2ccc(C3(c4ccc(OCC5(CC)COC5)cc4)c4cc(C)ccc4-c4ccc(C)cc43)cc2)COC1.Cc1cc(-c2ccc3c(c2)CC3)c(C)cc1-c1ccc2c(c1)CC2.Cc1ccc2c(c1)C(CCOCC1(C)CC1)(CCOCC1(C)CO1)c1cc(C)ccc1-2. The Morgan fingerprint density at radius 1 is 0.384 bits per heavy atom. The number of aryl methyl sites for hydroxylation is 12. The molecular weight excluding hydrogens is 1540 g/mol. The van der Waals surface area contributed by atoms with Gasteiger partial charge in [0.1, 0.15) is 17.1 Å². The Hall–Kier alpha value is -9.84. The maximum Gasteiger partial charge on any atom is 0.266 e. The topological polar surface area (TPSA) is 67.9 Å². The molecule has 0 spiro atoms. The Morgan fingerprint density at radius 3 is 1.07 bits per heavy atom. The van der Waals surface area contributed by atoms with E-state index in [4.69, 9.17) is 33.2 Å². The van der Waals surface area contributed by atoms with E-state index in [0.29, 0.717) is 31.7 Å². The Bertz CT molecular complexity index is 5480. The molecule has 9 heteroatoms. The minimum absolute atomic E-state index is 0.0571. The van der Waals surface area contributed by atoms with Gasteiger partial charge in [0.25, 0.3) is 6.08 Å². The number of allylic oxidation sites excluding steroid dienone is 2. The summed E-state index contributed by atoms with van der Waals surface area (Å²) in [5.41, 5.74) is 40.8. The van der Waals surface area contributed by atoms with Crippen LogP contribution in [0.1, 0.15) is 216 Å². The third-order valence-corrected chi connectivity index (χ3v) is 29.6. The van der Waals surface area contributed by atoms with Gasteiger partial charge in [0.2, 0.25) is 0 Å². The minimum Gasteiger partial charge on any atom is -0.493 e. The lowest BCUT2D eigenvalue weighted by molar-refractivity contribution is -0.133. The van der Waals surface area contributed by atoms with Gasteiger partial charge >= 0.3 is 0 Å². The maximum atomic E-state index is 12.5. The van der Waals surface area contributed by atoms with E-state index in [1.54, 1.807) is 0 Å². The summed E-state index contributed by atoms with van der Waals surface area (Å²) in [6, 6.07) is 77.5. The van der Waals surface area contributed by atoms with E-state index >= 15 is 0 Å². The lowest BCUT2D eigenvalue weighted by Crippen LogP contribution is -2.46. The zero-order chi connectivity index (χ0) is 87.1. The zero-order valence-corrected chi connectivity index (χ0v) is 76.2. The quantitative estimate of drug-likeness (QED) is 0.0252. The number of ether oxygens (including phenoxy) is 7. The molecule has 0 radical (unpaired) electrons. The second kappa shape index (κ2) is 36.1. The molecule has 0 N–H and O–H groups in total. The molecule has 0 bridgehead atoms. The van der Waals surface area contributed by atoms with Crippen molar-refractivity contribution in [3.63, 3.8) is 0 Å². The van der Waals surface area contributed by atoms with Gasteiger partial charge in [0.05, 0.1) is 75.7 Å². The predicted octanol–water partition coefficient (Wildman–Crippen LogP) is 28.0. The Labute approximate surface area is 743 Å². The fourth-order valence-electron chi connectivity index (χ4n) is 20.7.